The lowest BCUT2D eigenvalue weighted by Gasteiger charge is -2.03. The molecule has 100 valence electrons. The van der Waals surface area contributed by atoms with Crippen molar-refractivity contribution in [3.05, 3.63) is 59.0 Å². The van der Waals surface area contributed by atoms with E-state index in [0.29, 0.717) is 9.80 Å². The minimum absolute atomic E-state index is 0.174. The summed E-state index contributed by atoms with van der Waals surface area (Å²) in [4.78, 5) is 1.17. The molecule has 2 aromatic carbocycles. The first-order chi connectivity index (χ1) is 9.72. The molecular formula is C16H13NO2S. The summed E-state index contributed by atoms with van der Waals surface area (Å²) < 4.78 is 5.09. The first-order valence-corrected chi connectivity index (χ1v) is 6.76. The summed E-state index contributed by atoms with van der Waals surface area (Å²) in [5.41, 5.74) is 0.908. The summed E-state index contributed by atoms with van der Waals surface area (Å²) in [5.74, 6) is 0.947. The van der Waals surface area contributed by atoms with E-state index in [2.05, 4.69) is 6.07 Å². The Morgan fingerprint density at radius 3 is 2.50 bits per heavy atom. The van der Waals surface area contributed by atoms with Crippen LogP contribution in [0.25, 0.3) is 6.08 Å². The average molecular weight is 283 g/mol. The van der Waals surface area contributed by atoms with Gasteiger partial charge in [-0.15, -0.1) is 0 Å². The Morgan fingerprint density at radius 2 is 1.90 bits per heavy atom. The van der Waals surface area contributed by atoms with Crippen molar-refractivity contribution in [2.75, 3.05) is 7.11 Å². The Bertz CT molecular complexity index is 657. The van der Waals surface area contributed by atoms with Crippen LogP contribution in [0.1, 0.15) is 5.56 Å². The van der Waals surface area contributed by atoms with Crippen LogP contribution in [0.4, 0.5) is 0 Å². The molecule has 0 fully saturated rings. The van der Waals surface area contributed by atoms with E-state index in [1.54, 1.807) is 31.4 Å². The van der Waals surface area contributed by atoms with E-state index in [0.717, 1.165) is 11.3 Å². The third kappa shape index (κ3) is 3.56. The highest BCUT2D eigenvalue weighted by Crippen LogP contribution is 2.34. The monoisotopic (exact) mass is 283 g/mol. The highest BCUT2D eigenvalue weighted by Gasteiger charge is 2.04. The standard InChI is InChI=1S/C16H13NO2S/c1-19-13-8-6-12(7-9-13)10-14(11-17)20-16-5-3-2-4-15(16)18/h2-10,18H,1H3/b14-10+. The van der Waals surface area contributed by atoms with E-state index < -0.39 is 0 Å². The summed E-state index contributed by atoms with van der Waals surface area (Å²) in [6.45, 7) is 0. The molecule has 0 radical (unpaired) electrons. The van der Waals surface area contributed by atoms with E-state index in [4.69, 9.17) is 4.74 Å². The Morgan fingerprint density at radius 1 is 1.20 bits per heavy atom. The van der Waals surface area contributed by atoms with Gasteiger partial charge in [-0.1, -0.05) is 36.0 Å². The van der Waals surface area contributed by atoms with Crippen molar-refractivity contribution >= 4 is 17.8 Å². The molecule has 0 unspecified atom stereocenters. The van der Waals surface area contributed by atoms with Gasteiger partial charge in [0.25, 0.3) is 0 Å². The number of phenolic OH excluding ortho intramolecular Hbond substituents is 1. The van der Waals surface area contributed by atoms with Gasteiger partial charge >= 0.3 is 0 Å². The number of nitriles is 1. The van der Waals surface area contributed by atoms with Crippen LogP contribution in [0.3, 0.4) is 0 Å². The van der Waals surface area contributed by atoms with Crippen LogP contribution in [0.5, 0.6) is 11.5 Å². The molecule has 3 nitrogen and oxygen atoms in total. The van der Waals surface area contributed by atoms with Gasteiger partial charge in [0.15, 0.2) is 0 Å². The SMILES string of the molecule is COc1ccc(/C=C(\C#N)Sc2ccccc2O)cc1. The second-order valence-electron chi connectivity index (χ2n) is 3.96. The highest BCUT2D eigenvalue weighted by atomic mass is 32.2. The predicted molar refractivity (Wildman–Crippen MR) is 80.5 cm³/mol. The smallest absolute Gasteiger partial charge is 0.129 e. The number of benzene rings is 2. The molecule has 0 bridgehead atoms. The van der Waals surface area contributed by atoms with Crippen molar-refractivity contribution in [2.45, 2.75) is 4.90 Å². The van der Waals surface area contributed by atoms with Crippen molar-refractivity contribution in [3.8, 4) is 17.6 Å². The van der Waals surface area contributed by atoms with Crippen molar-refractivity contribution in [1.82, 2.24) is 0 Å². The molecule has 0 atom stereocenters. The number of methoxy groups -OCH3 is 1. The molecule has 0 saturated heterocycles. The van der Waals surface area contributed by atoms with E-state index in [1.807, 2.05) is 30.3 Å². The molecule has 0 aromatic heterocycles. The first kappa shape index (κ1) is 14.0. The molecule has 4 heteroatoms. The number of rotatable bonds is 4. The minimum Gasteiger partial charge on any atom is -0.507 e. The molecule has 0 spiro atoms. The number of para-hydroxylation sites is 1. The third-order valence-electron chi connectivity index (χ3n) is 2.61. The average Bonchev–Trinajstić information content (AvgIpc) is 2.49. The van der Waals surface area contributed by atoms with Gasteiger partial charge in [0.05, 0.1) is 16.9 Å². The molecule has 0 amide bonds. The number of nitrogens with zero attached hydrogens (tertiary/aromatic N) is 1. The van der Waals surface area contributed by atoms with E-state index >= 15 is 0 Å². The highest BCUT2D eigenvalue weighted by molar-refractivity contribution is 8.03. The largest absolute Gasteiger partial charge is 0.507 e. The Kier molecular flexibility index (Phi) is 4.70. The zero-order chi connectivity index (χ0) is 14.4. The molecule has 2 aromatic rings. The predicted octanol–water partition coefficient (Wildman–Crippen LogP) is 4.06. The maximum absolute atomic E-state index is 9.72. The van der Waals surface area contributed by atoms with Gasteiger partial charge in [0.2, 0.25) is 0 Å². The summed E-state index contributed by atoms with van der Waals surface area (Å²) in [6, 6.07) is 16.5. The molecule has 0 heterocycles. The van der Waals surface area contributed by atoms with Crippen LogP contribution < -0.4 is 4.74 Å². The normalized spacial score (nSPS) is 10.9. The molecule has 2 rings (SSSR count). The number of phenols is 1. The summed E-state index contributed by atoms with van der Waals surface area (Å²) in [5, 5.41) is 18.9. The van der Waals surface area contributed by atoms with Crippen LogP contribution in [0.2, 0.25) is 0 Å². The zero-order valence-corrected chi connectivity index (χ0v) is 11.7. The topological polar surface area (TPSA) is 53.2 Å². The molecule has 1 N–H and O–H groups in total. The summed E-state index contributed by atoms with van der Waals surface area (Å²) in [6.07, 6.45) is 1.77. The van der Waals surface area contributed by atoms with Gasteiger partial charge in [0, 0.05) is 0 Å². The number of hydrogen-bond donors (Lipinski definition) is 1. The van der Waals surface area contributed by atoms with Crippen LogP contribution in [-0.2, 0) is 0 Å². The fraction of sp³-hybridized carbons (Fsp3) is 0.0625. The van der Waals surface area contributed by atoms with Crippen molar-refractivity contribution < 1.29 is 9.84 Å². The summed E-state index contributed by atoms with van der Waals surface area (Å²) >= 11 is 1.24. The molecular weight excluding hydrogens is 270 g/mol. The fourth-order valence-electron chi connectivity index (χ4n) is 1.60. The van der Waals surface area contributed by atoms with Gasteiger partial charge in [-0.25, -0.2) is 0 Å². The van der Waals surface area contributed by atoms with Crippen LogP contribution in [-0.4, -0.2) is 12.2 Å². The van der Waals surface area contributed by atoms with E-state index in [1.165, 1.54) is 11.8 Å². The first-order valence-electron chi connectivity index (χ1n) is 5.94. The van der Waals surface area contributed by atoms with Gasteiger partial charge in [-0.2, -0.15) is 5.26 Å². The number of hydrogen-bond acceptors (Lipinski definition) is 4. The molecule has 0 aliphatic rings. The lowest BCUT2D eigenvalue weighted by Crippen LogP contribution is -1.82. The van der Waals surface area contributed by atoms with Crippen LogP contribution in [0, 0.1) is 11.3 Å². The maximum Gasteiger partial charge on any atom is 0.129 e. The second-order valence-corrected chi connectivity index (χ2v) is 5.05. The fourth-order valence-corrected chi connectivity index (χ4v) is 2.39. The lowest BCUT2D eigenvalue weighted by atomic mass is 10.2. The van der Waals surface area contributed by atoms with Crippen molar-refractivity contribution in [1.29, 1.82) is 5.26 Å². The van der Waals surface area contributed by atoms with Crippen LogP contribution >= 0.6 is 11.8 Å². The minimum atomic E-state index is 0.174. The van der Waals surface area contributed by atoms with Crippen LogP contribution in [0.15, 0.2) is 58.3 Å². The molecule has 20 heavy (non-hydrogen) atoms. The Hall–Kier alpha value is -2.38. The van der Waals surface area contributed by atoms with Crippen molar-refractivity contribution in [2.24, 2.45) is 0 Å². The number of allylic oxidation sites excluding steroid dienone is 1. The maximum atomic E-state index is 9.72. The lowest BCUT2D eigenvalue weighted by molar-refractivity contribution is 0.415. The van der Waals surface area contributed by atoms with E-state index in [-0.39, 0.29) is 5.75 Å². The van der Waals surface area contributed by atoms with Crippen molar-refractivity contribution in [3.63, 3.8) is 0 Å². The Labute approximate surface area is 122 Å². The number of thioether (sulfide) groups is 1. The number of ether oxygens (including phenoxy) is 1. The quantitative estimate of drug-likeness (QED) is 0.679. The van der Waals surface area contributed by atoms with Gasteiger partial charge in [-0.05, 0) is 35.9 Å². The zero-order valence-electron chi connectivity index (χ0n) is 10.9. The second kappa shape index (κ2) is 6.69. The molecule has 0 aliphatic heterocycles. The molecule has 0 saturated carbocycles. The Balaban J connectivity index is 2.21. The van der Waals surface area contributed by atoms with Gasteiger partial charge in [-0.3, -0.25) is 0 Å². The third-order valence-corrected chi connectivity index (χ3v) is 3.60. The van der Waals surface area contributed by atoms with E-state index in [9.17, 15) is 10.4 Å². The van der Waals surface area contributed by atoms with Gasteiger partial charge < -0.3 is 9.84 Å². The summed E-state index contributed by atoms with van der Waals surface area (Å²) in [7, 11) is 1.61. The van der Waals surface area contributed by atoms with Gasteiger partial charge in [0.1, 0.15) is 17.6 Å². The molecule has 0 aliphatic carbocycles. The number of aromatic hydroxyl groups is 1.